The summed E-state index contributed by atoms with van der Waals surface area (Å²) < 4.78 is 116. The fourth-order valence-corrected chi connectivity index (χ4v) is 5.36. The predicted octanol–water partition coefficient (Wildman–Crippen LogP) is 7.65. The Morgan fingerprint density at radius 1 is 0.932 bits per heavy atom. The summed E-state index contributed by atoms with van der Waals surface area (Å²) in [6.45, 7) is 1.51. The number of benzene rings is 3. The maximum atomic E-state index is 13.6. The Morgan fingerprint density at radius 3 is 2.20 bits per heavy atom. The smallest absolute Gasteiger partial charge is 0.440 e. The Labute approximate surface area is 250 Å². The molecule has 8 nitrogen and oxygen atoms in total. The van der Waals surface area contributed by atoms with Crippen molar-refractivity contribution in [3.8, 4) is 45.1 Å². The van der Waals surface area contributed by atoms with Crippen molar-refractivity contribution < 1.29 is 43.9 Å². The summed E-state index contributed by atoms with van der Waals surface area (Å²) >= 11 is 5.88. The number of hydrogen-bond donors (Lipinski definition) is 1. The number of nitrogens with zero attached hydrogens (tertiary/aromatic N) is 3. The van der Waals surface area contributed by atoms with Crippen LogP contribution in [0.15, 0.2) is 82.2 Å². The average molecular weight is 657 g/mol. The van der Waals surface area contributed by atoms with Gasteiger partial charge in [-0.3, -0.25) is 0 Å². The topological polar surface area (TPSA) is 99.2 Å². The van der Waals surface area contributed by atoms with Crippen LogP contribution in [0.4, 0.5) is 26.3 Å². The molecule has 2 heterocycles. The molecule has 0 aliphatic carbocycles. The third-order valence-corrected chi connectivity index (χ3v) is 7.96. The number of nitrogens with one attached hydrogen (secondary N) is 1. The van der Waals surface area contributed by atoms with Gasteiger partial charge in [-0.2, -0.15) is 18.3 Å². The van der Waals surface area contributed by atoms with Gasteiger partial charge in [-0.1, -0.05) is 29.8 Å². The van der Waals surface area contributed by atoms with Crippen molar-refractivity contribution >= 4 is 21.6 Å². The van der Waals surface area contributed by atoms with Crippen molar-refractivity contribution in [3.05, 3.63) is 89.5 Å². The molecule has 0 aliphatic rings. The Bertz CT molecular complexity index is 1950. The standard InChI is InChI=1S/C28H19ClF6N4O4S/c1-15-37-24(16-6-9-19(10-7-16)43-28(33,34)35)25(42-15)21-13-18(17-4-3-5-20(12-17)44(40,41)36-2)8-11-23(21)39-14-22(29)26(38-39)27(30,31)32/h3-14,36H,1-2H3. The SMILES string of the molecule is CNS(=O)(=O)c1cccc(-c2ccc(-n3cc(Cl)c(C(F)(F)F)n3)c(-c3oc(C)nc3-c3ccc(OC(F)(F)F)cc3)c2)c1. The van der Waals surface area contributed by atoms with Gasteiger partial charge in [0.2, 0.25) is 10.0 Å². The molecule has 0 atom stereocenters. The molecule has 2 aromatic heterocycles. The molecule has 230 valence electrons. The van der Waals surface area contributed by atoms with Gasteiger partial charge in [-0.05, 0) is 66.7 Å². The van der Waals surface area contributed by atoms with E-state index in [-0.39, 0.29) is 33.5 Å². The van der Waals surface area contributed by atoms with Gasteiger partial charge < -0.3 is 9.15 Å². The summed E-state index contributed by atoms with van der Waals surface area (Å²) in [4.78, 5) is 4.33. The van der Waals surface area contributed by atoms with Gasteiger partial charge in [0.25, 0.3) is 0 Å². The Balaban J connectivity index is 1.71. The van der Waals surface area contributed by atoms with Crippen LogP contribution < -0.4 is 9.46 Å². The number of hydrogen-bond acceptors (Lipinski definition) is 6. The van der Waals surface area contributed by atoms with Crippen molar-refractivity contribution in [1.82, 2.24) is 19.5 Å². The number of ether oxygens (including phenoxy) is 1. The van der Waals surface area contributed by atoms with Crippen LogP contribution in [0.2, 0.25) is 5.02 Å². The summed E-state index contributed by atoms with van der Waals surface area (Å²) in [5.74, 6) is -0.297. The highest BCUT2D eigenvalue weighted by molar-refractivity contribution is 7.89. The summed E-state index contributed by atoms with van der Waals surface area (Å²) in [7, 11) is -2.55. The first-order valence-electron chi connectivity index (χ1n) is 12.4. The van der Waals surface area contributed by atoms with E-state index in [1.807, 2.05) is 0 Å². The molecular weight excluding hydrogens is 638 g/mol. The zero-order chi connectivity index (χ0) is 32.0. The molecular formula is C28H19ClF6N4O4S. The molecule has 44 heavy (non-hydrogen) atoms. The van der Waals surface area contributed by atoms with Gasteiger partial charge in [0, 0.05) is 18.1 Å². The van der Waals surface area contributed by atoms with Gasteiger partial charge in [0.1, 0.15) is 11.4 Å². The number of halogens is 7. The van der Waals surface area contributed by atoms with E-state index in [4.69, 9.17) is 16.0 Å². The molecule has 0 bridgehead atoms. The van der Waals surface area contributed by atoms with Crippen LogP contribution in [-0.2, 0) is 16.2 Å². The zero-order valence-electron chi connectivity index (χ0n) is 22.5. The molecule has 0 unspecified atom stereocenters. The van der Waals surface area contributed by atoms with E-state index in [1.165, 1.54) is 56.4 Å². The lowest BCUT2D eigenvalue weighted by molar-refractivity contribution is -0.274. The third-order valence-electron chi connectivity index (χ3n) is 6.27. The van der Waals surface area contributed by atoms with Crippen LogP contribution in [0.3, 0.4) is 0 Å². The van der Waals surface area contributed by atoms with Crippen molar-refractivity contribution in [2.75, 3.05) is 7.05 Å². The molecule has 0 amide bonds. The molecule has 5 aromatic rings. The minimum absolute atomic E-state index is 0.0332. The maximum Gasteiger partial charge on any atom is 0.573 e. The molecule has 0 saturated carbocycles. The van der Waals surface area contributed by atoms with E-state index in [2.05, 4.69) is 19.5 Å². The number of rotatable bonds is 7. The summed E-state index contributed by atoms with van der Waals surface area (Å²) in [6.07, 6.45) is -8.79. The molecule has 0 fully saturated rings. The number of sulfonamides is 1. The fourth-order valence-electron chi connectivity index (χ4n) is 4.35. The zero-order valence-corrected chi connectivity index (χ0v) is 24.0. The van der Waals surface area contributed by atoms with Crippen LogP contribution in [0, 0.1) is 6.92 Å². The van der Waals surface area contributed by atoms with Crippen LogP contribution in [0.1, 0.15) is 11.6 Å². The third kappa shape index (κ3) is 6.44. The number of alkyl halides is 6. The van der Waals surface area contributed by atoms with E-state index < -0.39 is 39.0 Å². The number of oxazole rings is 1. The van der Waals surface area contributed by atoms with E-state index in [9.17, 15) is 34.8 Å². The second kappa shape index (κ2) is 11.3. The molecule has 1 N–H and O–H groups in total. The molecule has 0 spiro atoms. The first-order valence-corrected chi connectivity index (χ1v) is 14.3. The lowest BCUT2D eigenvalue weighted by atomic mass is 9.98. The predicted molar refractivity (Wildman–Crippen MR) is 148 cm³/mol. The number of aryl methyl sites for hydroxylation is 1. The maximum absolute atomic E-state index is 13.6. The number of aromatic nitrogens is 3. The van der Waals surface area contributed by atoms with Crippen LogP contribution in [0.25, 0.3) is 39.4 Å². The van der Waals surface area contributed by atoms with Gasteiger partial charge in [0.05, 0.1) is 21.8 Å². The van der Waals surface area contributed by atoms with E-state index in [0.717, 1.165) is 23.0 Å². The van der Waals surface area contributed by atoms with Crippen molar-refractivity contribution in [2.45, 2.75) is 24.4 Å². The minimum Gasteiger partial charge on any atom is -0.440 e. The minimum atomic E-state index is -4.91. The lowest BCUT2D eigenvalue weighted by Crippen LogP contribution is -2.18. The van der Waals surface area contributed by atoms with Crippen molar-refractivity contribution in [2.24, 2.45) is 0 Å². The van der Waals surface area contributed by atoms with Crippen molar-refractivity contribution in [3.63, 3.8) is 0 Å². The fraction of sp³-hybridized carbons (Fsp3) is 0.143. The first kappa shape index (κ1) is 31.1. The van der Waals surface area contributed by atoms with Crippen LogP contribution >= 0.6 is 11.6 Å². The van der Waals surface area contributed by atoms with E-state index in [0.29, 0.717) is 16.7 Å². The Morgan fingerprint density at radius 2 is 1.59 bits per heavy atom. The lowest BCUT2D eigenvalue weighted by Gasteiger charge is -2.13. The quantitative estimate of drug-likeness (QED) is 0.181. The van der Waals surface area contributed by atoms with Crippen molar-refractivity contribution in [1.29, 1.82) is 0 Å². The Hall–Kier alpha value is -4.34. The van der Waals surface area contributed by atoms with E-state index >= 15 is 0 Å². The molecule has 16 heteroatoms. The second-order valence-corrected chi connectivity index (χ2v) is 11.5. The average Bonchev–Trinajstić information content (AvgIpc) is 3.55. The first-order chi connectivity index (χ1) is 20.6. The largest absolute Gasteiger partial charge is 0.573 e. The monoisotopic (exact) mass is 656 g/mol. The molecule has 0 aliphatic heterocycles. The second-order valence-electron chi connectivity index (χ2n) is 9.22. The highest BCUT2D eigenvalue weighted by Gasteiger charge is 2.37. The normalized spacial score (nSPS) is 12.5. The molecule has 0 saturated heterocycles. The highest BCUT2D eigenvalue weighted by atomic mass is 35.5. The summed E-state index contributed by atoms with van der Waals surface area (Å²) in [5.41, 5.74) is 0.270. The highest BCUT2D eigenvalue weighted by Crippen LogP contribution is 2.41. The molecule has 3 aromatic carbocycles. The van der Waals surface area contributed by atoms with Gasteiger partial charge >= 0.3 is 12.5 Å². The van der Waals surface area contributed by atoms with Crippen LogP contribution in [0.5, 0.6) is 5.75 Å². The van der Waals surface area contributed by atoms with E-state index in [1.54, 1.807) is 12.1 Å². The van der Waals surface area contributed by atoms with Crippen LogP contribution in [-0.4, -0.2) is 36.6 Å². The summed E-state index contributed by atoms with van der Waals surface area (Å²) in [5, 5.41) is 2.98. The van der Waals surface area contributed by atoms with Gasteiger partial charge in [-0.15, -0.1) is 13.2 Å². The Kier molecular flexibility index (Phi) is 7.99. The molecule has 0 radical (unpaired) electrons. The summed E-state index contributed by atoms with van der Waals surface area (Å²) in [6, 6.07) is 15.2. The molecule has 5 rings (SSSR count). The van der Waals surface area contributed by atoms with Gasteiger partial charge in [0.15, 0.2) is 17.3 Å². The van der Waals surface area contributed by atoms with Gasteiger partial charge in [-0.25, -0.2) is 22.8 Å².